The maximum Gasteiger partial charge on any atom is 0.258 e. The van der Waals surface area contributed by atoms with E-state index in [0.717, 1.165) is 24.5 Å². The minimum absolute atomic E-state index is 0.00653. The van der Waals surface area contributed by atoms with Crippen molar-refractivity contribution in [2.75, 3.05) is 13.7 Å². The van der Waals surface area contributed by atoms with Gasteiger partial charge in [0.05, 0.1) is 17.2 Å². The lowest BCUT2D eigenvalue weighted by Gasteiger charge is -2.50. The van der Waals surface area contributed by atoms with Crippen LogP contribution >= 0.6 is 23.2 Å². The first-order chi connectivity index (χ1) is 15.8. The fourth-order valence-corrected chi connectivity index (χ4v) is 5.02. The molecule has 0 heterocycles. The summed E-state index contributed by atoms with van der Waals surface area (Å²) in [6.07, 6.45) is 2.42. The van der Waals surface area contributed by atoms with Crippen LogP contribution in [0.1, 0.15) is 24.8 Å². The highest BCUT2D eigenvalue weighted by Crippen LogP contribution is 2.49. The van der Waals surface area contributed by atoms with E-state index in [-0.39, 0.29) is 41.2 Å². The largest absolute Gasteiger partial charge is 0.495 e. The summed E-state index contributed by atoms with van der Waals surface area (Å²) >= 11 is 11.8. The summed E-state index contributed by atoms with van der Waals surface area (Å²) in [4.78, 5) is 25.3. The molecule has 0 spiro atoms. The van der Waals surface area contributed by atoms with Gasteiger partial charge in [-0.25, -0.2) is 4.39 Å². The SMILES string of the molecule is COc1ccc(CNC(=O)C2CC(NC(=O)COc3ccc(Cl)c(F)c3)C3CC2C3)cc1Cl. The lowest BCUT2D eigenvalue weighted by molar-refractivity contribution is -0.136. The Kier molecular flexibility index (Phi) is 7.29. The number of methoxy groups -OCH3 is 1. The Morgan fingerprint density at radius 3 is 2.55 bits per heavy atom. The number of halogens is 3. The Balaban J connectivity index is 1.27. The summed E-state index contributed by atoms with van der Waals surface area (Å²) in [6, 6.07) is 9.35. The predicted octanol–water partition coefficient (Wildman–Crippen LogP) is 4.37. The second kappa shape index (κ2) is 10.2. The molecular formula is C24H25Cl2FN2O4. The summed E-state index contributed by atoms with van der Waals surface area (Å²) < 4.78 is 24.0. The van der Waals surface area contributed by atoms with E-state index in [2.05, 4.69) is 10.6 Å². The molecule has 2 amide bonds. The molecule has 0 aromatic heterocycles. The van der Waals surface area contributed by atoms with Crippen LogP contribution in [0.4, 0.5) is 4.39 Å². The molecular weight excluding hydrogens is 470 g/mol. The lowest BCUT2D eigenvalue weighted by Crippen LogP contribution is -2.56. The minimum atomic E-state index is -0.604. The van der Waals surface area contributed by atoms with E-state index in [9.17, 15) is 14.0 Å². The number of hydrogen-bond acceptors (Lipinski definition) is 4. The third-order valence-electron chi connectivity index (χ3n) is 6.48. The van der Waals surface area contributed by atoms with Gasteiger partial charge in [0, 0.05) is 24.6 Å². The Bertz CT molecular complexity index is 1050. The van der Waals surface area contributed by atoms with Gasteiger partial charge in [-0.15, -0.1) is 0 Å². The van der Waals surface area contributed by atoms with Crippen LogP contribution < -0.4 is 20.1 Å². The van der Waals surface area contributed by atoms with E-state index in [1.807, 2.05) is 6.07 Å². The van der Waals surface area contributed by atoms with Crippen LogP contribution in [-0.2, 0) is 16.1 Å². The Morgan fingerprint density at radius 2 is 1.85 bits per heavy atom. The normalized spacial score (nSPS) is 23.3. The third-order valence-corrected chi connectivity index (χ3v) is 7.09. The highest BCUT2D eigenvalue weighted by Gasteiger charge is 2.48. The van der Waals surface area contributed by atoms with Gasteiger partial charge >= 0.3 is 0 Å². The zero-order valence-electron chi connectivity index (χ0n) is 18.1. The summed E-state index contributed by atoms with van der Waals surface area (Å²) in [5, 5.41) is 6.47. The molecule has 3 aliphatic rings. The summed E-state index contributed by atoms with van der Waals surface area (Å²) in [5.74, 6) is 0.462. The number of hydrogen-bond donors (Lipinski definition) is 2. The summed E-state index contributed by atoms with van der Waals surface area (Å²) in [6.45, 7) is 0.139. The molecule has 2 aromatic rings. The molecule has 0 radical (unpaired) electrons. The van der Waals surface area contributed by atoms with Gasteiger partial charge in [0.15, 0.2) is 6.61 Å². The quantitative estimate of drug-likeness (QED) is 0.571. The molecule has 2 unspecified atom stereocenters. The molecule has 0 saturated heterocycles. The maximum absolute atomic E-state index is 13.5. The Labute approximate surface area is 201 Å². The molecule has 33 heavy (non-hydrogen) atoms. The van der Waals surface area contributed by atoms with Crippen molar-refractivity contribution in [3.8, 4) is 11.5 Å². The van der Waals surface area contributed by atoms with Crippen molar-refractivity contribution in [1.29, 1.82) is 0 Å². The van der Waals surface area contributed by atoms with Crippen LogP contribution in [-0.4, -0.2) is 31.6 Å². The van der Waals surface area contributed by atoms with Crippen LogP contribution in [0.25, 0.3) is 0 Å². The molecule has 5 rings (SSSR count). The highest BCUT2D eigenvalue weighted by molar-refractivity contribution is 6.32. The van der Waals surface area contributed by atoms with Gasteiger partial charge < -0.3 is 20.1 Å². The predicted molar refractivity (Wildman–Crippen MR) is 123 cm³/mol. The average molecular weight is 495 g/mol. The molecule has 2 atom stereocenters. The number of ether oxygens (including phenoxy) is 2. The minimum Gasteiger partial charge on any atom is -0.495 e. The fourth-order valence-electron chi connectivity index (χ4n) is 4.63. The van der Waals surface area contributed by atoms with E-state index < -0.39 is 5.82 Å². The van der Waals surface area contributed by atoms with Gasteiger partial charge in [-0.1, -0.05) is 29.3 Å². The topological polar surface area (TPSA) is 76.7 Å². The van der Waals surface area contributed by atoms with Crippen LogP contribution in [0, 0.1) is 23.6 Å². The number of fused-ring (bicyclic) bond motifs is 2. The van der Waals surface area contributed by atoms with Crippen LogP contribution in [0.15, 0.2) is 36.4 Å². The molecule has 0 aliphatic heterocycles. The second-order valence-corrected chi connectivity index (χ2v) is 9.37. The monoisotopic (exact) mass is 494 g/mol. The van der Waals surface area contributed by atoms with Gasteiger partial charge in [-0.2, -0.15) is 0 Å². The number of benzene rings is 2. The third kappa shape index (κ3) is 5.53. The molecule has 3 aliphatic carbocycles. The number of rotatable bonds is 8. The second-order valence-electron chi connectivity index (χ2n) is 8.56. The zero-order valence-corrected chi connectivity index (χ0v) is 19.6. The first kappa shape index (κ1) is 23.6. The standard InChI is InChI=1S/C24H25Cl2FN2O4/c1-32-22-5-2-13(6-19(22)26)11-28-24(31)17-10-21(15-7-14(17)8-15)29-23(30)12-33-16-3-4-18(25)20(27)9-16/h2-6,9,14-15,17,21H,7-8,10-12H2,1H3,(H,28,31)(H,29,30). The smallest absolute Gasteiger partial charge is 0.258 e. The molecule has 2 bridgehead atoms. The van der Waals surface area contributed by atoms with Crippen molar-refractivity contribution < 1.29 is 23.5 Å². The van der Waals surface area contributed by atoms with Crippen molar-refractivity contribution in [3.63, 3.8) is 0 Å². The molecule has 6 nitrogen and oxygen atoms in total. The first-order valence-electron chi connectivity index (χ1n) is 10.8. The number of amides is 2. The zero-order chi connectivity index (χ0) is 23.5. The molecule has 176 valence electrons. The molecule has 3 saturated carbocycles. The van der Waals surface area contributed by atoms with Crippen molar-refractivity contribution in [2.45, 2.75) is 31.8 Å². The maximum atomic E-state index is 13.5. The van der Waals surface area contributed by atoms with Crippen molar-refractivity contribution >= 4 is 35.0 Å². The highest BCUT2D eigenvalue weighted by atomic mass is 35.5. The number of nitrogens with one attached hydrogen (secondary N) is 2. The molecule has 2 N–H and O–H groups in total. The number of carbonyl (C=O) groups is 2. The number of carbonyl (C=O) groups excluding carboxylic acids is 2. The first-order valence-corrected chi connectivity index (χ1v) is 11.6. The fraction of sp³-hybridized carbons (Fsp3) is 0.417. The summed E-state index contributed by atoms with van der Waals surface area (Å²) in [5.41, 5.74) is 0.886. The molecule has 2 aromatic carbocycles. The van der Waals surface area contributed by atoms with E-state index in [1.54, 1.807) is 19.2 Å². The van der Waals surface area contributed by atoms with E-state index in [0.29, 0.717) is 35.6 Å². The van der Waals surface area contributed by atoms with Crippen LogP contribution in [0.5, 0.6) is 11.5 Å². The Morgan fingerprint density at radius 1 is 1.06 bits per heavy atom. The average Bonchev–Trinajstić information content (AvgIpc) is 2.77. The van der Waals surface area contributed by atoms with Gasteiger partial charge in [0.1, 0.15) is 17.3 Å². The van der Waals surface area contributed by atoms with Gasteiger partial charge in [-0.3, -0.25) is 9.59 Å². The van der Waals surface area contributed by atoms with Crippen molar-refractivity contribution in [2.24, 2.45) is 17.8 Å². The van der Waals surface area contributed by atoms with Crippen molar-refractivity contribution in [3.05, 3.63) is 57.8 Å². The van der Waals surface area contributed by atoms with E-state index >= 15 is 0 Å². The van der Waals surface area contributed by atoms with Crippen LogP contribution in [0.2, 0.25) is 10.0 Å². The van der Waals surface area contributed by atoms with Crippen LogP contribution in [0.3, 0.4) is 0 Å². The van der Waals surface area contributed by atoms with Gasteiger partial charge in [0.2, 0.25) is 5.91 Å². The molecule has 9 heteroatoms. The lowest BCUT2D eigenvalue weighted by atomic mass is 9.57. The van der Waals surface area contributed by atoms with Gasteiger partial charge in [0.25, 0.3) is 5.91 Å². The molecule has 3 fully saturated rings. The van der Waals surface area contributed by atoms with Gasteiger partial charge in [-0.05, 0) is 60.9 Å². The van der Waals surface area contributed by atoms with Crippen molar-refractivity contribution in [1.82, 2.24) is 10.6 Å². The Hall–Kier alpha value is -2.51. The van der Waals surface area contributed by atoms with E-state index in [1.165, 1.54) is 12.1 Å². The van der Waals surface area contributed by atoms with E-state index in [4.69, 9.17) is 32.7 Å². The summed E-state index contributed by atoms with van der Waals surface area (Å²) in [7, 11) is 1.55.